The SMILES string of the molecule is CCCCCCc1cccc(CCCCCC)c1OCC(CC)S(=O)(=O)[O-].[Na+]. The average Bonchev–Trinajstić information content (AvgIpc) is 2.63. The monoisotopic (exact) mass is 420 g/mol. The van der Waals surface area contributed by atoms with Crippen LogP contribution in [-0.2, 0) is 23.0 Å². The maximum Gasteiger partial charge on any atom is 1.00 e. The summed E-state index contributed by atoms with van der Waals surface area (Å²) in [7, 11) is -4.33. The molecule has 0 aliphatic carbocycles. The number of unbranched alkanes of at least 4 members (excludes halogenated alkanes) is 6. The molecular weight excluding hydrogens is 383 g/mol. The Morgan fingerprint density at radius 3 is 1.79 bits per heavy atom. The number of aryl methyl sites for hydroxylation is 2. The topological polar surface area (TPSA) is 66.4 Å². The van der Waals surface area contributed by atoms with Gasteiger partial charge in [-0.2, -0.15) is 0 Å². The van der Waals surface area contributed by atoms with Crippen molar-refractivity contribution in [3.63, 3.8) is 0 Å². The predicted octanol–water partition coefficient (Wildman–Crippen LogP) is 2.64. The molecule has 0 saturated heterocycles. The van der Waals surface area contributed by atoms with Gasteiger partial charge in [-0.1, -0.05) is 77.5 Å². The summed E-state index contributed by atoms with van der Waals surface area (Å²) >= 11 is 0. The molecule has 0 aliphatic heterocycles. The van der Waals surface area contributed by atoms with Gasteiger partial charge in [0.15, 0.2) is 0 Å². The van der Waals surface area contributed by atoms with Crippen molar-refractivity contribution in [2.75, 3.05) is 6.61 Å². The second-order valence-corrected chi connectivity index (χ2v) is 9.01. The molecule has 1 atom stereocenters. The summed E-state index contributed by atoms with van der Waals surface area (Å²) in [6.07, 6.45) is 11.5. The Kier molecular flexibility index (Phi) is 15.7. The van der Waals surface area contributed by atoms with Crippen LogP contribution in [0.25, 0.3) is 0 Å². The van der Waals surface area contributed by atoms with Crippen molar-refractivity contribution < 1.29 is 47.3 Å². The van der Waals surface area contributed by atoms with E-state index in [1.54, 1.807) is 6.92 Å². The van der Waals surface area contributed by atoms with Gasteiger partial charge in [-0.25, -0.2) is 8.42 Å². The van der Waals surface area contributed by atoms with Gasteiger partial charge >= 0.3 is 29.6 Å². The van der Waals surface area contributed by atoms with Crippen molar-refractivity contribution in [1.29, 1.82) is 0 Å². The van der Waals surface area contributed by atoms with Crippen LogP contribution in [0.1, 0.15) is 89.7 Å². The van der Waals surface area contributed by atoms with Crippen molar-refractivity contribution >= 4 is 10.1 Å². The van der Waals surface area contributed by atoms with Gasteiger partial charge in [-0.05, 0) is 43.2 Å². The first-order valence-corrected chi connectivity index (χ1v) is 12.1. The van der Waals surface area contributed by atoms with Gasteiger partial charge in [0.1, 0.15) is 22.5 Å². The molecular formula is C22H37NaO4S. The Morgan fingerprint density at radius 1 is 0.893 bits per heavy atom. The van der Waals surface area contributed by atoms with Crippen molar-refractivity contribution in [3.8, 4) is 5.75 Å². The number of ether oxygens (including phenoxy) is 1. The normalized spacial score (nSPS) is 12.4. The largest absolute Gasteiger partial charge is 1.00 e. The van der Waals surface area contributed by atoms with Crippen molar-refractivity contribution in [1.82, 2.24) is 0 Å². The summed E-state index contributed by atoms with van der Waals surface area (Å²) in [6.45, 7) is 6.04. The molecule has 0 N–H and O–H groups in total. The van der Waals surface area contributed by atoms with Crippen LogP contribution < -0.4 is 34.3 Å². The Bertz CT molecular complexity index is 601. The molecule has 1 rings (SSSR count). The fraction of sp³-hybridized carbons (Fsp3) is 0.727. The van der Waals surface area contributed by atoms with E-state index >= 15 is 0 Å². The van der Waals surface area contributed by atoms with E-state index < -0.39 is 15.4 Å². The van der Waals surface area contributed by atoms with E-state index in [-0.39, 0.29) is 42.6 Å². The summed E-state index contributed by atoms with van der Waals surface area (Å²) in [5, 5.41) is -0.987. The zero-order chi connectivity index (χ0) is 20.1. The summed E-state index contributed by atoms with van der Waals surface area (Å²) in [4.78, 5) is 0. The molecule has 0 aliphatic rings. The number of benzene rings is 1. The van der Waals surface area contributed by atoms with Crippen LogP contribution >= 0.6 is 0 Å². The molecule has 1 aromatic rings. The van der Waals surface area contributed by atoms with Crippen molar-refractivity contribution in [2.24, 2.45) is 0 Å². The molecule has 6 heteroatoms. The molecule has 0 aromatic heterocycles. The Morgan fingerprint density at radius 2 is 1.39 bits per heavy atom. The van der Waals surface area contributed by atoms with Crippen LogP contribution in [0.5, 0.6) is 5.75 Å². The minimum absolute atomic E-state index is 0. The fourth-order valence-corrected chi connectivity index (χ4v) is 3.93. The predicted molar refractivity (Wildman–Crippen MR) is 111 cm³/mol. The Balaban J connectivity index is 0.00000729. The molecule has 0 amide bonds. The Hall–Kier alpha value is -0.0700. The second-order valence-electron chi connectivity index (χ2n) is 7.36. The van der Waals surface area contributed by atoms with Crippen LogP contribution in [0.3, 0.4) is 0 Å². The van der Waals surface area contributed by atoms with E-state index in [9.17, 15) is 13.0 Å². The van der Waals surface area contributed by atoms with Gasteiger partial charge in [0.25, 0.3) is 0 Å². The van der Waals surface area contributed by atoms with Crippen LogP contribution in [0, 0.1) is 0 Å². The minimum Gasteiger partial charge on any atom is -0.748 e. The number of hydrogen-bond acceptors (Lipinski definition) is 4. The number of rotatable bonds is 15. The van der Waals surface area contributed by atoms with E-state index in [0.717, 1.165) is 42.6 Å². The summed E-state index contributed by atoms with van der Waals surface area (Å²) < 4.78 is 40.2. The van der Waals surface area contributed by atoms with Crippen LogP contribution in [-0.4, -0.2) is 24.8 Å². The average molecular weight is 421 g/mol. The molecule has 0 radical (unpaired) electrons. The molecule has 0 saturated carbocycles. The van der Waals surface area contributed by atoms with E-state index in [4.69, 9.17) is 4.74 Å². The van der Waals surface area contributed by atoms with E-state index in [2.05, 4.69) is 32.0 Å². The molecule has 1 unspecified atom stereocenters. The first-order chi connectivity index (χ1) is 12.9. The standard InChI is InChI=1S/C22H38O4S.Na/c1-4-7-9-11-14-19-16-13-17-20(15-12-10-8-5-2)22(19)26-18-21(6-3)27(23,24)25;/h13,16-17,21H,4-12,14-15,18H2,1-3H3,(H,23,24,25);/q;+1/p-1. The van der Waals surface area contributed by atoms with E-state index in [1.807, 2.05) is 0 Å². The van der Waals surface area contributed by atoms with Crippen LogP contribution in [0.2, 0.25) is 0 Å². The maximum atomic E-state index is 11.4. The summed E-state index contributed by atoms with van der Waals surface area (Å²) in [6, 6.07) is 6.21. The number of hydrogen-bond donors (Lipinski definition) is 0. The molecule has 0 fully saturated rings. The van der Waals surface area contributed by atoms with Crippen molar-refractivity contribution in [2.45, 2.75) is 96.7 Å². The number of para-hydroxylation sites is 1. The zero-order valence-electron chi connectivity index (χ0n) is 18.3. The molecule has 28 heavy (non-hydrogen) atoms. The minimum atomic E-state index is -4.33. The maximum absolute atomic E-state index is 11.4. The smallest absolute Gasteiger partial charge is 0.748 e. The van der Waals surface area contributed by atoms with Crippen molar-refractivity contribution in [3.05, 3.63) is 29.3 Å². The Labute approximate surface area is 194 Å². The second kappa shape index (κ2) is 15.7. The molecule has 4 nitrogen and oxygen atoms in total. The molecule has 0 spiro atoms. The third kappa shape index (κ3) is 10.6. The quantitative estimate of drug-likeness (QED) is 0.249. The summed E-state index contributed by atoms with van der Waals surface area (Å²) in [5.41, 5.74) is 2.27. The third-order valence-corrected chi connectivity index (χ3v) is 6.34. The van der Waals surface area contributed by atoms with Gasteiger partial charge in [0, 0.05) is 0 Å². The third-order valence-electron chi connectivity index (χ3n) is 5.05. The van der Waals surface area contributed by atoms with Gasteiger partial charge < -0.3 is 9.29 Å². The molecule has 1 aromatic carbocycles. The van der Waals surface area contributed by atoms with E-state index in [1.165, 1.54) is 38.5 Å². The van der Waals surface area contributed by atoms with Gasteiger partial charge in [-0.3, -0.25) is 0 Å². The zero-order valence-corrected chi connectivity index (χ0v) is 21.2. The van der Waals surface area contributed by atoms with Gasteiger partial charge in [0.2, 0.25) is 0 Å². The first kappa shape index (κ1) is 27.9. The molecule has 0 bridgehead atoms. The molecule has 0 heterocycles. The van der Waals surface area contributed by atoms with Gasteiger partial charge in [-0.15, -0.1) is 0 Å². The van der Waals surface area contributed by atoms with Crippen LogP contribution in [0.4, 0.5) is 0 Å². The first-order valence-electron chi connectivity index (χ1n) is 10.6. The van der Waals surface area contributed by atoms with Crippen LogP contribution in [0.15, 0.2) is 18.2 Å². The fourth-order valence-electron chi connectivity index (χ4n) is 3.28. The van der Waals surface area contributed by atoms with Gasteiger partial charge in [0.05, 0.1) is 5.25 Å². The molecule has 156 valence electrons. The summed E-state index contributed by atoms with van der Waals surface area (Å²) in [5.74, 6) is 0.813. The van der Waals surface area contributed by atoms with E-state index in [0.29, 0.717) is 0 Å².